The number of carbonyl (C=O) groups is 1. The van der Waals surface area contributed by atoms with Crippen molar-refractivity contribution in [3.63, 3.8) is 0 Å². The second-order valence-corrected chi connectivity index (χ2v) is 21.0. The molecule has 0 aromatic rings. The van der Waals surface area contributed by atoms with E-state index < -0.39 is 20.0 Å². The minimum absolute atomic E-state index is 0.0742. The number of nitrogens with zero attached hydrogens (tertiary/aromatic N) is 1. The maximum Gasteiger partial charge on any atom is 0.472 e. The third-order valence-corrected chi connectivity index (χ3v) is 13.0. The highest BCUT2D eigenvalue weighted by Crippen LogP contribution is 2.43. The van der Waals surface area contributed by atoms with Crippen LogP contribution in [0.2, 0.25) is 0 Å². The van der Waals surface area contributed by atoms with E-state index in [2.05, 4.69) is 79.9 Å². The third kappa shape index (κ3) is 49.9. The number of aliphatic hydroxyl groups is 1. The number of nitrogens with one attached hydrogen (secondary N) is 1. The van der Waals surface area contributed by atoms with Crippen LogP contribution in [0.1, 0.15) is 239 Å². The molecular formula is C56H106N2O6P+. The minimum atomic E-state index is -4.31. The van der Waals surface area contributed by atoms with Crippen LogP contribution in [0, 0.1) is 0 Å². The van der Waals surface area contributed by atoms with Crippen LogP contribution in [0.3, 0.4) is 0 Å². The number of allylic oxidation sites excluding steroid dienone is 10. The SMILES string of the molecule is CC/C=C\C/C=C\C/C=C\C/C=C\C/C=C\CCCCCCCCCCCCCCCCCCCC(=O)NC(COP(=O)(O)OCC[N+](C)(C)C)C(O)CCCCCCCCCCCC. The maximum absolute atomic E-state index is 12.9. The van der Waals surface area contributed by atoms with Crippen LogP contribution in [0.25, 0.3) is 0 Å². The zero-order valence-electron chi connectivity index (χ0n) is 43.2. The van der Waals surface area contributed by atoms with E-state index in [1.165, 1.54) is 141 Å². The minimum Gasteiger partial charge on any atom is -0.391 e. The second-order valence-electron chi connectivity index (χ2n) is 19.6. The summed E-state index contributed by atoms with van der Waals surface area (Å²) >= 11 is 0. The van der Waals surface area contributed by atoms with Gasteiger partial charge in [-0.2, -0.15) is 0 Å². The lowest BCUT2D eigenvalue weighted by Gasteiger charge is -2.26. The Morgan fingerprint density at radius 2 is 0.923 bits per heavy atom. The Labute approximate surface area is 402 Å². The summed E-state index contributed by atoms with van der Waals surface area (Å²) in [5, 5.41) is 14.0. The van der Waals surface area contributed by atoms with Gasteiger partial charge in [0, 0.05) is 6.42 Å². The first-order valence-corrected chi connectivity index (χ1v) is 28.6. The van der Waals surface area contributed by atoms with Gasteiger partial charge in [-0.05, 0) is 57.8 Å². The van der Waals surface area contributed by atoms with Crippen LogP contribution in [-0.4, -0.2) is 73.4 Å². The van der Waals surface area contributed by atoms with Gasteiger partial charge in [-0.25, -0.2) is 4.57 Å². The number of likely N-dealkylation sites (N-methyl/N-ethyl adjacent to an activating group) is 1. The number of phosphoric acid groups is 1. The summed E-state index contributed by atoms with van der Waals surface area (Å²) in [5.41, 5.74) is 0. The van der Waals surface area contributed by atoms with Crippen molar-refractivity contribution < 1.29 is 32.9 Å². The van der Waals surface area contributed by atoms with Crippen molar-refractivity contribution in [1.82, 2.24) is 5.32 Å². The summed E-state index contributed by atoms with van der Waals surface area (Å²) in [6, 6.07) is -0.759. The summed E-state index contributed by atoms with van der Waals surface area (Å²) in [5.74, 6) is -0.146. The molecule has 65 heavy (non-hydrogen) atoms. The highest BCUT2D eigenvalue weighted by molar-refractivity contribution is 7.47. The van der Waals surface area contributed by atoms with E-state index in [4.69, 9.17) is 9.05 Å². The molecule has 0 rings (SSSR count). The molecular weight excluding hydrogens is 828 g/mol. The van der Waals surface area contributed by atoms with Crippen LogP contribution < -0.4 is 5.32 Å². The molecule has 0 fully saturated rings. The molecule has 380 valence electrons. The molecule has 0 saturated carbocycles. The van der Waals surface area contributed by atoms with E-state index in [0.29, 0.717) is 23.9 Å². The first-order chi connectivity index (χ1) is 31.5. The van der Waals surface area contributed by atoms with Gasteiger partial charge in [-0.15, -0.1) is 0 Å². The molecule has 0 saturated heterocycles. The number of hydrogen-bond acceptors (Lipinski definition) is 5. The van der Waals surface area contributed by atoms with E-state index in [1.807, 2.05) is 21.1 Å². The van der Waals surface area contributed by atoms with Gasteiger partial charge in [0.1, 0.15) is 13.2 Å². The van der Waals surface area contributed by atoms with Crippen molar-refractivity contribution in [2.45, 2.75) is 251 Å². The van der Waals surface area contributed by atoms with Gasteiger partial charge in [-0.1, -0.05) is 235 Å². The van der Waals surface area contributed by atoms with Crippen molar-refractivity contribution in [1.29, 1.82) is 0 Å². The molecule has 3 unspecified atom stereocenters. The van der Waals surface area contributed by atoms with E-state index in [9.17, 15) is 19.4 Å². The lowest BCUT2D eigenvalue weighted by Crippen LogP contribution is -2.46. The summed E-state index contributed by atoms with van der Waals surface area (Å²) in [4.78, 5) is 23.2. The molecule has 0 aliphatic carbocycles. The number of phosphoric ester groups is 1. The number of amides is 1. The predicted octanol–water partition coefficient (Wildman–Crippen LogP) is 16.1. The van der Waals surface area contributed by atoms with Crippen LogP contribution in [-0.2, 0) is 18.4 Å². The predicted molar refractivity (Wildman–Crippen MR) is 281 cm³/mol. The zero-order chi connectivity index (χ0) is 47.8. The molecule has 1 amide bonds. The zero-order valence-corrected chi connectivity index (χ0v) is 44.1. The van der Waals surface area contributed by atoms with E-state index >= 15 is 0 Å². The Morgan fingerprint density at radius 1 is 0.538 bits per heavy atom. The Morgan fingerprint density at radius 3 is 1.35 bits per heavy atom. The number of hydrogen-bond donors (Lipinski definition) is 3. The molecule has 0 aliphatic heterocycles. The van der Waals surface area contributed by atoms with Gasteiger partial charge >= 0.3 is 7.82 Å². The first kappa shape index (κ1) is 63.2. The highest BCUT2D eigenvalue weighted by atomic mass is 31.2. The summed E-state index contributed by atoms with van der Waals surface area (Å²) in [6.07, 6.45) is 62.8. The van der Waals surface area contributed by atoms with Crippen molar-refractivity contribution in [3.8, 4) is 0 Å². The largest absolute Gasteiger partial charge is 0.472 e. The van der Waals surface area contributed by atoms with E-state index in [0.717, 1.165) is 70.6 Å². The van der Waals surface area contributed by atoms with Crippen LogP contribution in [0.4, 0.5) is 0 Å². The van der Waals surface area contributed by atoms with Gasteiger partial charge in [0.25, 0.3) is 0 Å². The molecule has 8 nitrogen and oxygen atoms in total. The monoisotopic (exact) mass is 934 g/mol. The fourth-order valence-electron chi connectivity index (χ4n) is 7.78. The number of quaternary nitrogens is 1. The summed E-state index contributed by atoms with van der Waals surface area (Å²) in [6.45, 7) is 4.76. The Kier molecular flexibility index (Phi) is 46.0. The smallest absolute Gasteiger partial charge is 0.391 e. The van der Waals surface area contributed by atoms with E-state index in [1.54, 1.807) is 0 Å². The molecule has 0 aromatic carbocycles. The van der Waals surface area contributed by atoms with Gasteiger partial charge in [0.15, 0.2) is 0 Å². The topological polar surface area (TPSA) is 105 Å². The van der Waals surface area contributed by atoms with Gasteiger partial charge in [-0.3, -0.25) is 13.8 Å². The quantitative estimate of drug-likeness (QED) is 0.0243. The second kappa shape index (κ2) is 47.3. The number of aliphatic hydroxyl groups excluding tert-OH is 1. The van der Waals surface area contributed by atoms with Gasteiger partial charge in [0.2, 0.25) is 5.91 Å². The Hall–Kier alpha value is -1.80. The van der Waals surface area contributed by atoms with E-state index in [-0.39, 0.29) is 19.1 Å². The van der Waals surface area contributed by atoms with Crippen molar-refractivity contribution in [2.24, 2.45) is 0 Å². The van der Waals surface area contributed by atoms with Crippen LogP contribution in [0.5, 0.6) is 0 Å². The Bertz CT molecular complexity index is 1240. The van der Waals surface area contributed by atoms with Crippen molar-refractivity contribution in [3.05, 3.63) is 60.8 Å². The molecule has 0 radical (unpaired) electrons. The number of carbonyl (C=O) groups excluding carboxylic acids is 1. The average Bonchev–Trinajstić information content (AvgIpc) is 3.26. The standard InChI is InChI=1S/C56H105N2O6P/c1-6-8-10-12-14-16-18-19-20-21-22-23-24-25-26-27-28-29-30-31-32-33-34-35-36-37-38-39-40-42-44-46-48-50-56(60)57-54(53-64-65(61,62)63-52-51-58(3,4)5)55(59)49-47-45-43-41-17-15-13-11-9-7-2/h8,10,14,16,19-20,22-23,25-26,54-55,59H,6-7,9,11-13,15,17-18,21,24,27-53H2,1-5H3,(H-,57,60,61,62)/p+1/b10-8-,16-14-,20-19-,23-22-,26-25-. The number of unbranched alkanes of at least 4 members (excludes halogenated alkanes) is 26. The molecule has 0 aliphatic rings. The molecule has 0 spiro atoms. The lowest BCUT2D eigenvalue weighted by atomic mass is 10.0. The summed E-state index contributed by atoms with van der Waals surface area (Å²) < 4.78 is 23.7. The normalized spacial score (nSPS) is 14.5. The summed E-state index contributed by atoms with van der Waals surface area (Å²) in [7, 11) is 1.62. The van der Waals surface area contributed by atoms with Crippen molar-refractivity contribution >= 4 is 13.7 Å². The molecule has 9 heteroatoms. The fraction of sp³-hybridized carbons (Fsp3) is 0.804. The Balaban J connectivity index is 3.97. The maximum atomic E-state index is 12.9. The molecule has 0 heterocycles. The van der Waals surface area contributed by atoms with Gasteiger partial charge < -0.3 is 19.8 Å². The third-order valence-electron chi connectivity index (χ3n) is 12.0. The van der Waals surface area contributed by atoms with Crippen LogP contribution >= 0.6 is 7.82 Å². The van der Waals surface area contributed by atoms with Crippen molar-refractivity contribution in [2.75, 3.05) is 40.9 Å². The first-order valence-electron chi connectivity index (χ1n) is 27.2. The number of rotatable bonds is 49. The molecule has 3 atom stereocenters. The molecule has 0 aromatic heterocycles. The highest BCUT2D eigenvalue weighted by Gasteiger charge is 2.28. The lowest BCUT2D eigenvalue weighted by molar-refractivity contribution is -0.870. The fourth-order valence-corrected chi connectivity index (χ4v) is 8.52. The average molecular weight is 934 g/mol. The van der Waals surface area contributed by atoms with Gasteiger partial charge in [0.05, 0.1) is 39.9 Å². The molecule has 0 bridgehead atoms. The molecule has 3 N–H and O–H groups in total. The van der Waals surface area contributed by atoms with Crippen LogP contribution in [0.15, 0.2) is 60.8 Å².